The molecule has 0 spiro atoms. The molecule has 3 heteroatoms. The molecule has 0 bridgehead atoms. The topological polar surface area (TPSA) is 38.9 Å². The number of nitrogens with two attached hydrogens (primary N) is 1. The zero-order chi connectivity index (χ0) is 14.7. The number of pyridine rings is 1. The summed E-state index contributed by atoms with van der Waals surface area (Å²) in [6.45, 7) is 0. The third kappa shape index (κ3) is 3.31. The second kappa shape index (κ2) is 6.37. The number of rotatable bonds is 4. The lowest BCUT2D eigenvalue weighted by Crippen LogP contribution is -2.14. The smallest absolute Gasteiger partial charge is 0.0720 e. The first-order chi connectivity index (χ1) is 10.2. The van der Waals surface area contributed by atoms with Crippen molar-refractivity contribution < 1.29 is 0 Å². The van der Waals surface area contributed by atoms with Crippen LogP contribution >= 0.6 is 15.9 Å². The number of aryl methyl sites for hydroxylation is 1. The highest BCUT2D eigenvalue weighted by Gasteiger charge is 2.13. The summed E-state index contributed by atoms with van der Waals surface area (Å²) < 4.78 is 0.988. The first kappa shape index (κ1) is 14.2. The molecule has 1 unspecified atom stereocenters. The number of para-hydroxylation sites is 1. The number of hydrogen-bond donors (Lipinski definition) is 1. The Balaban J connectivity index is 1.80. The standard InChI is InChI=1S/C18H17BrN2/c19-15-12-14-8-4-5-9-17(14)21-18(15)16(20)11-10-13-6-2-1-3-7-13/h1-9,12,16H,10-11,20H2. The molecule has 1 atom stereocenters. The van der Waals surface area contributed by atoms with Crippen LogP contribution in [0.4, 0.5) is 0 Å². The summed E-state index contributed by atoms with van der Waals surface area (Å²) in [5.41, 5.74) is 9.58. The molecule has 0 aliphatic heterocycles. The lowest BCUT2D eigenvalue weighted by molar-refractivity contribution is 0.633. The molecule has 0 amide bonds. The average molecular weight is 341 g/mol. The van der Waals surface area contributed by atoms with Gasteiger partial charge in [-0.3, -0.25) is 0 Å². The molecule has 2 aromatic carbocycles. The second-order valence-electron chi connectivity index (χ2n) is 5.18. The summed E-state index contributed by atoms with van der Waals surface area (Å²) in [4.78, 5) is 4.72. The lowest BCUT2D eigenvalue weighted by atomic mass is 10.0. The first-order valence-electron chi connectivity index (χ1n) is 7.09. The van der Waals surface area contributed by atoms with Gasteiger partial charge in [0, 0.05) is 15.9 Å². The van der Waals surface area contributed by atoms with Crippen LogP contribution in [0.25, 0.3) is 10.9 Å². The monoisotopic (exact) mass is 340 g/mol. The highest BCUT2D eigenvalue weighted by Crippen LogP contribution is 2.27. The van der Waals surface area contributed by atoms with E-state index in [4.69, 9.17) is 10.7 Å². The SMILES string of the molecule is NC(CCc1ccccc1)c1nc2ccccc2cc1Br. The molecule has 0 aliphatic rings. The molecule has 2 nitrogen and oxygen atoms in total. The Morgan fingerprint density at radius 3 is 2.52 bits per heavy atom. The van der Waals surface area contributed by atoms with Crippen LogP contribution in [-0.2, 0) is 6.42 Å². The maximum absolute atomic E-state index is 6.34. The van der Waals surface area contributed by atoms with Gasteiger partial charge in [0.1, 0.15) is 0 Å². The molecule has 0 saturated carbocycles. The average Bonchev–Trinajstić information content (AvgIpc) is 2.53. The number of fused-ring (bicyclic) bond motifs is 1. The van der Waals surface area contributed by atoms with Crippen LogP contribution in [0.5, 0.6) is 0 Å². The van der Waals surface area contributed by atoms with Gasteiger partial charge in [-0.2, -0.15) is 0 Å². The van der Waals surface area contributed by atoms with Gasteiger partial charge < -0.3 is 5.73 Å². The van der Waals surface area contributed by atoms with Crippen molar-refractivity contribution in [3.63, 3.8) is 0 Å². The summed E-state index contributed by atoms with van der Waals surface area (Å²) in [6, 6.07) is 20.6. The molecule has 0 aliphatic carbocycles. The molecule has 21 heavy (non-hydrogen) atoms. The van der Waals surface area contributed by atoms with Crippen molar-refractivity contribution in [2.75, 3.05) is 0 Å². The molecule has 1 heterocycles. The van der Waals surface area contributed by atoms with E-state index in [9.17, 15) is 0 Å². The fraction of sp³-hybridized carbons (Fsp3) is 0.167. The number of aromatic nitrogens is 1. The van der Waals surface area contributed by atoms with Gasteiger partial charge in [0.2, 0.25) is 0 Å². The van der Waals surface area contributed by atoms with Crippen molar-refractivity contribution in [3.05, 3.63) is 76.4 Å². The zero-order valence-electron chi connectivity index (χ0n) is 11.7. The largest absolute Gasteiger partial charge is 0.323 e. The Hall–Kier alpha value is -1.71. The van der Waals surface area contributed by atoms with E-state index in [0.717, 1.165) is 33.9 Å². The second-order valence-corrected chi connectivity index (χ2v) is 6.03. The van der Waals surface area contributed by atoms with E-state index in [1.54, 1.807) is 0 Å². The number of hydrogen-bond acceptors (Lipinski definition) is 2. The van der Waals surface area contributed by atoms with Crippen LogP contribution in [0.1, 0.15) is 23.7 Å². The van der Waals surface area contributed by atoms with Gasteiger partial charge in [0.15, 0.2) is 0 Å². The van der Waals surface area contributed by atoms with Gasteiger partial charge in [0.05, 0.1) is 11.2 Å². The minimum Gasteiger partial charge on any atom is -0.323 e. The predicted molar refractivity (Wildman–Crippen MR) is 91.1 cm³/mol. The molecule has 106 valence electrons. The van der Waals surface area contributed by atoms with E-state index < -0.39 is 0 Å². The highest BCUT2D eigenvalue weighted by molar-refractivity contribution is 9.10. The normalized spacial score (nSPS) is 12.5. The van der Waals surface area contributed by atoms with Crippen LogP contribution in [-0.4, -0.2) is 4.98 Å². The van der Waals surface area contributed by atoms with Gasteiger partial charge in [0.25, 0.3) is 0 Å². The van der Waals surface area contributed by atoms with Crippen LogP contribution in [0, 0.1) is 0 Å². The summed E-state index contributed by atoms with van der Waals surface area (Å²) in [6.07, 6.45) is 1.84. The van der Waals surface area contributed by atoms with Gasteiger partial charge in [-0.15, -0.1) is 0 Å². The maximum atomic E-state index is 6.34. The molecule has 0 fully saturated rings. The molecule has 3 rings (SSSR count). The predicted octanol–water partition coefficient (Wildman–Crippen LogP) is 4.63. The summed E-state index contributed by atoms with van der Waals surface area (Å²) in [5.74, 6) is 0. The van der Waals surface area contributed by atoms with Crippen molar-refractivity contribution in [1.82, 2.24) is 4.98 Å². The minimum absolute atomic E-state index is 0.0656. The van der Waals surface area contributed by atoms with E-state index in [2.05, 4.69) is 52.3 Å². The van der Waals surface area contributed by atoms with E-state index >= 15 is 0 Å². The van der Waals surface area contributed by atoms with Crippen molar-refractivity contribution in [3.8, 4) is 0 Å². The molecule has 3 aromatic rings. The quantitative estimate of drug-likeness (QED) is 0.751. The van der Waals surface area contributed by atoms with Crippen molar-refractivity contribution in [1.29, 1.82) is 0 Å². The Morgan fingerprint density at radius 2 is 1.71 bits per heavy atom. The number of halogens is 1. The zero-order valence-corrected chi connectivity index (χ0v) is 13.3. The van der Waals surface area contributed by atoms with Crippen LogP contribution in [0.15, 0.2) is 65.1 Å². The first-order valence-corrected chi connectivity index (χ1v) is 7.88. The van der Waals surface area contributed by atoms with E-state index in [1.165, 1.54) is 5.56 Å². The van der Waals surface area contributed by atoms with Gasteiger partial charge in [-0.1, -0.05) is 48.5 Å². The summed E-state index contributed by atoms with van der Waals surface area (Å²) in [7, 11) is 0. The Labute approximate surface area is 133 Å². The van der Waals surface area contributed by atoms with Crippen molar-refractivity contribution in [2.45, 2.75) is 18.9 Å². The van der Waals surface area contributed by atoms with Gasteiger partial charge >= 0.3 is 0 Å². The highest BCUT2D eigenvalue weighted by atomic mass is 79.9. The molecule has 0 radical (unpaired) electrons. The van der Waals surface area contributed by atoms with Gasteiger partial charge in [-0.05, 0) is 46.5 Å². The number of nitrogens with zero attached hydrogens (tertiary/aromatic N) is 1. The van der Waals surface area contributed by atoms with Crippen molar-refractivity contribution in [2.24, 2.45) is 5.73 Å². The van der Waals surface area contributed by atoms with Crippen LogP contribution < -0.4 is 5.73 Å². The summed E-state index contributed by atoms with van der Waals surface area (Å²) >= 11 is 3.60. The third-order valence-corrected chi connectivity index (χ3v) is 4.28. The fourth-order valence-corrected chi connectivity index (χ4v) is 3.10. The molecule has 2 N–H and O–H groups in total. The Bertz CT molecular complexity index is 741. The van der Waals surface area contributed by atoms with Gasteiger partial charge in [-0.25, -0.2) is 4.98 Å². The molecule has 0 saturated heterocycles. The summed E-state index contributed by atoms with van der Waals surface area (Å²) in [5, 5.41) is 1.13. The fourth-order valence-electron chi connectivity index (χ4n) is 2.47. The minimum atomic E-state index is -0.0656. The molecule has 1 aromatic heterocycles. The molecular formula is C18H17BrN2. The van der Waals surface area contributed by atoms with Crippen molar-refractivity contribution >= 4 is 26.8 Å². The van der Waals surface area contributed by atoms with Crippen LogP contribution in [0.2, 0.25) is 0 Å². The Kier molecular flexibility index (Phi) is 4.32. The third-order valence-electron chi connectivity index (χ3n) is 3.64. The lowest BCUT2D eigenvalue weighted by Gasteiger charge is -2.14. The van der Waals surface area contributed by atoms with E-state index in [0.29, 0.717) is 0 Å². The van der Waals surface area contributed by atoms with E-state index in [1.807, 2.05) is 24.3 Å². The maximum Gasteiger partial charge on any atom is 0.0720 e. The van der Waals surface area contributed by atoms with Crippen LogP contribution in [0.3, 0.4) is 0 Å². The number of benzene rings is 2. The van der Waals surface area contributed by atoms with E-state index in [-0.39, 0.29) is 6.04 Å². The molecular weight excluding hydrogens is 324 g/mol. The Morgan fingerprint density at radius 1 is 1.00 bits per heavy atom.